The lowest BCUT2D eigenvalue weighted by Crippen LogP contribution is -2.10. The van der Waals surface area contributed by atoms with E-state index in [1.54, 1.807) is 12.3 Å². The van der Waals surface area contributed by atoms with E-state index < -0.39 is 5.97 Å². The number of carbonyl (C=O) groups is 1. The van der Waals surface area contributed by atoms with Crippen LogP contribution in [0.2, 0.25) is 0 Å². The Morgan fingerprint density at radius 1 is 0.955 bits per heavy atom. The van der Waals surface area contributed by atoms with Crippen molar-refractivity contribution < 1.29 is 9.90 Å². The largest absolute Gasteiger partial charge is 0.478 e. The number of hydrogen-bond donors (Lipinski definition) is 1. The van der Waals surface area contributed by atoms with Gasteiger partial charge in [0.2, 0.25) is 0 Å². The third kappa shape index (κ3) is 2.62. The van der Waals surface area contributed by atoms with Crippen LogP contribution in [0.4, 0.5) is 0 Å². The molecule has 2 aromatic heterocycles. The standard InChI is InChI=1S/C19H19NO2/c1-19(2,3)16-7-4-13(5-8-16)14-6-9-17-10-15(18(21)22)12-20(17)11-14/h4-12H,1-3H3,(H,21,22). The van der Waals surface area contributed by atoms with Gasteiger partial charge in [-0.15, -0.1) is 0 Å². The first kappa shape index (κ1) is 14.4. The number of pyridine rings is 1. The summed E-state index contributed by atoms with van der Waals surface area (Å²) >= 11 is 0. The molecule has 0 aliphatic carbocycles. The number of nitrogens with zero attached hydrogens (tertiary/aromatic N) is 1. The molecule has 22 heavy (non-hydrogen) atoms. The molecule has 0 saturated carbocycles. The molecular formula is C19H19NO2. The zero-order valence-corrected chi connectivity index (χ0v) is 13.0. The molecule has 112 valence electrons. The number of aromatic nitrogens is 1. The van der Waals surface area contributed by atoms with Gasteiger partial charge in [-0.25, -0.2) is 4.79 Å². The molecule has 1 N–H and O–H groups in total. The van der Waals surface area contributed by atoms with Crippen molar-refractivity contribution in [1.82, 2.24) is 4.40 Å². The minimum atomic E-state index is -0.903. The Morgan fingerprint density at radius 3 is 2.18 bits per heavy atom. The van der Waals surface area contributed by atoms with Gasteiger partial charge in [0.15, 0.2) is 0 Å². The fraction of sp³-hybridized carbons (Fsp3) is 0.211. The number of carboxylic acid groups (broad SMARTS) is 1. The van der Waals surface area contributed by atoms with Crippen LogP contribution in [0.3, 0.4) is 0 Å². The predicted molar refractivity (Wildman–Crippen MR) is 88.5 cm³/mol. The quantitative estimate of drug-likeness (QED) is 0.750. The van der Waals surface area contributed by atoms with Crippen molar-refractivity contribution >= 4 is 11.5 Å². The van der Waals surface area contributed by atoms with Gasteiger partial charge >= 0.3 is 5.97 Å². The lowest BCUT2D eigenvalue weighted by atomic mass is 9.86. The van der Waals surface area contributed by atoms with Gasteiger partial charge in [-0.2, -0.15) is 0 Å². The smallest absolute Gasteiger partial charge is 0.337 e. The van der Waals surface area contributed by atoms with Crippen LogP contribution >= 0.6 is 0 Å². The van der Waals surface area contributed by atoms with E-state index in [0.29, 0.717) is 5.56 Å². The number of benzene rings is 1. The molecule has 0 spiro atoms. The van der Waals surface area contributed by atoms with E-state index in [2.05, 4.69) is 45.0 Å². The summed E-state index contributed by atoms with van der Waals surface area (Å²) in [4.78, 5) is 11.0. The van der Waals surface area contributed by atoms with Crippen molar-refractivity contribution in [2.45, 2.75) is 26.2 Å². The molecular weight excluding hydrogens is 274 g/mol. The van der Waals surface area contributed by atoms with Crippen LogP contribution in [0, 0.1) is 0 Å². The molecule has 0 aliphatic heterocycles. The molecule has 0 radical (unpaired) electrons. The van der Waals surface area contributed by atoms with Crippen molar-refractivity contribution in [3.63, 3.8) is 0 Å². The minimum absolute atomic E-state index is 0.138. The van der Waals surface area contributed by atoms with E-state index >= 15 is 0 Å². The number of hydrogen-bond acceptors (Lipinski definition) is 1. The highest BCUT2D eigenvalue weighted by molar-refractivity contribution is 5.89. The molecule has 0 amide bonds. The minimum Gasteiger partial charge on any atom is -0.478 e. The maximum absolute atomic E-state index is 11.0. The monoisotopic (exact) mass is 293 g/mol. The highest BCUT2D eigenvalue weighted by Gasteiger charge is 2.13. The first-order chi connectivity index (χ1) is 10.3. The molecule has 3 rings (SSSR count). The van der Waals surface area contributed by atoms with Crippen LogP contribution in [-0.4, -0.2) is 15.5 Å². The van der Waals surface area contributed by atoms with Crippen LogP contribution in [0.25, 0.3) is 16.6 Å². The van der Waals surface area contributed by atoms with E-state index in [-0.39, 0.29) is 5.41 Å². The van der Waals surface area contributed by atoms with Crippen LogP contribution in [-0.2, 0) is 5.41 Å². The summed E-state index contributed by atoms with van der Waals surface area (Å²) in [5.41, 5.74) is 4.82. The van der Waals surface area contributed by atoms with Crippen molar-refractivity contribution in [3.8, 4) is 11.1 Å². The first-order valence-electron chi connectivity index (χ1n) is 7.30. The Hall–Kier alpha value is -2.55. The molecule has 3 heteroatoms. The number of rotatable bonds is 2. The topological polar surface area (TPSA) is 41.7 Å². The first-order valence-corrected chi connectivity index (χ1v) is 7.30. The molecule has 0 atom stereocenters. The zero-order valence-electron chi connectivity index (χ0n) is 13.0. The highest BCUT2D eigenvalue weighted by atomic mass is 16.4. The van der Waals surface area contributed by atoms with Crippen molar-refractivity contribution in [1.29, 1.82) is 0 Å². The zero-order chi connectivity index (χ0) is 15.9. The summed E-state index contributed by atoms with van der Waals surface area (Å²) in [5.74, 6) is -0.903. The molecule has 0 bridgehead atoms. The maximum atomic E-state index is 11.0. The van der Waals surface area contributed by atoms with E-state index in [1.165, 1.54) is 5.56 Å². The van der Waals surface area contributed by atoms with Crippen LogP contribution in [0.1, 0.15) is 36.7 Å². The number of aromatic carboxylic acids is 1. The van der Waals surface area contributed by atoms with Crippen LogP contribution < -0.4 is 0 Å². The van der Waals surface area contributed by atoms with Crippen molar-refractivity contribution in [2.75, 3.05) is 0 Å². The molecule has 3 aromatic rings. The van der Waals surface area contributed by atoms with Gasteiger partial charge in [0.1, 0.15) is 0 Å². The second-order valence-electron chi connectivity index (χ2n) is 6.61. The number of fused-ring (bicyclic) bond motifs is 1. The van der Waals surface area contributed by atoms with E-state index in [0.717, 1.165) is 16.6 Å². The summed E-state index contributed by atoms with van der Waals surface area (Å²) in [7, 11) is 0. The van der Waals surface area contributed by atoms with Gasteiger partial charge in [-0.1, -0.05) is 51.1 Å². The molecule has 3 nitrogen and oxygen atoms in total. The van der Waals surface area contributed by atoms with Gasteiger partial charge in [0, 0.05) is 17.9 Å². The Bertz CT molecular complexity index is 836. The van der Waals surface area contributed by atoms with Gasteiger partial charge in [-0.3, -0.25) is 0 Å². The van der Waals surface area contributed by atoms with Gasteiger partial charge in [0.25, 0.3) is 0 Å². The van der Waals surface area contributed by atoms with Gasteiger partial charge < -0.3 is 9.51 Å². The second-order valence-corrected chi connectivity index (χ2v) is 6.61. The lowest BCUT2D eigenvalue weighted by Gasteiger charge is -2.19. The second kappa shape index (κ2) is 5.02. The Kier molecular flexibility index (Phi) is 3.28. The summed E-state index contributed by atoms with van der Waals surface area (Å²) in [5, 5.41) is 9.07. The molecule has 0 aliphatic rings. The van der Waals surface area contributed by atoms with E-state index in [1.807, 2.05) is 22.7 Å². The predicted octanol–water partition coefficient (Wildman–Crippen LogP) is 4.60. The summed E-state index contributed by atoms with van der Waals surface area (Å²) in [6.45, 7) is 6.59. The van der Waals surface area contributed by atoms with Crippen molar-refractivity contribution in [3.05, 3.63) is 66.0 Å². The number of carboxylic acids is 1. The molecule has 2 heterocycles. The molecule has 1 aromatic carbocycles. The summed E-state index contributed by atoms with van der Waals surface area (Å²) < 4.78 is 1.86. The maximum Gasteiger partial charge on any atom is 0.337 e. The molecule has 0 saturated heterocycles. The SMILES string of the molecule is CC(C)(C)c1ccc(-c2ccc3cc(C(=O)O)cn3c2)cc1. The van der Waals surface area contributed by atoms with E-state index in [9.17, 15) is 4.79 Å². The van der Waals surface area contributed by atoms with Gasteiger partial charge in [0.05, 0.1) is 5.56 Å². The van der Waals surface area contributed by atoms with E-state index in [4.69, 9.17) is 5.11 Å². The summed E-state index contributed by atoms with van der Waals surface area (Å²) in [6, 6.07) is 14.2. The van der Waals surface area contributed by atoms with Crippen LogP contribution in [0.5, 0.6) is 0 Å². The molecule has 0 fully saturated rings. The van der Waals surface area contributed by atoms with Crippen LogP contribution in [0.15, 0.2) is 54.9 Å². The fourth-order valence-corrected chi connectivity index (χ4v) is 2.56. The van der Waals surface area contributed by atoms with Crippen molar-refractivity contribution in [2.24, 2.45) is 0 Å². The lowest BCUT2D eigenvalue weighted by molar-refractivity contribution is 0.0697. The summed E-state index contributed by atoms with van der Waals surface area (Å²) in [6.07, 6.45) is 3.61. The third-order valence-corrected chi connectivity index (χ3v) is 3.92. The Balaban J connectivity index is 2.01. The Labute approximate surface area is 129 Å². The fourth-order valence-electron chi connectivity index (χ4n) is 2.56. The highest BCUT2D eigenvalue weighted by Crippen LogP contribution is 2.26. The third-order valence-electron chi connectivity index (χ3n) is 3.92. The Morgan fingerprint density at radius 2 is 1.59 bits per heavy atom. The van der Waals surface area contributed by atoms with Gasteiger partial charge in [-0.05, 0) is 34.2 Å². The molecule has 0 unspecified atom stereocenters. The average molecular weight is 293 g/mol. The average Bonchev–Trinajstić information content (AvgIpc) is 2.89. The normalized spacial score (nSPS) is 11.8.